The minimum Gasteiger partial charge on any atom is -0.491 e. The van der Waals surface area contributed by atoms with E-state index in [1.165, 1.54) is 18.2 Å². The van der Waals surface area contributed by atoms with Crippen LogP contribution in [-0.4, -0.2) is 17.4 Å². The van der Waals surface area contributed by atoms with Gasteiger partial charge in [-0.25, -0.2) is 0 Å². The number of rotatable bonds is 6. The second-order valence-corrected chi connectivity index (χ2v) is 5.33. The molecule has 0 fully saturated rings. The summed E-state index contributed by atoms with van der Waals surface area (Å²) in [6.45, 7) is 4.26. The van der Waals surface area contributed by atoms with Gasteiger partial charge >= 0.3 is 0 Å². The van der Waals surface area contributed by atoms with Crippen molar-refractivity contribution in [2.24, 2.45) is 0 Å². The molecule has 7 heteroatoms. The number of nitrogen functional groups attached to an aromatic ring is 1. The Hall–Kier alpha value is -3.09. The number of anilines is 2. The second-order valence-electron chi connectivity index (χ2n) is 5.33. The van der Waals surface area contributed by atoms with Gasteiger partial charge in [-0.3, -0.25) is 14.9 Å². The Morgan fingerprint density at radius 3 is 2.67 bits per heavy atom. The lowest BCUT2D eigenvalue weighted by molar-refractivity contribution is -0.384. The van der Waals surface area contributed by atoms with Crippen molar-refractivity contribution < 1.29 is 14.5 Å². The molecule has 0 radical (unpaired) electrons. The van der Waals surface area contributed by atoms with Gasteiger partial charge in [0.25, 0.3) is 11.6 Å². The number of nitrogens with one attached hydrogen (secondary N) is 1. The van der Waals surface area contributed by atoms with Crippen molar-refractivity contribution in [1.29, 1.82) is 0 Å². The first-order valence-electron chi connectivity index (χ1n) is 7.51. The number of aryl methyl sites for hydroxylation is 1. The molecule has 0 heterocycles. The molecule has 0 atom stereocenters. The molecule has 1 amide bonds. The first-order valence-corrected chi connectivity index (χ1v) is 7.51. The fourth-order valence-corrected chi connectivity index (χ4v) is 2.13. The van der Waals surface area contributed by atoms with Crippen molar-refractivity contribution in [3.8, 4) is 5.75 Å². The van der Waals surface area contributed by atoms with Crippen LogP contribution in [0.5, 0.6) is 5.75 Å². The predicted molar refractivity (Wildman–Crippen MR) is 92.4 cm³/mol. The summed E-state index contributed by atoms with van der Waals surface area (Å²) >= 11 is 0. The third kappa shape index (κ3) is 4.01. The predicted octanol–water partition coefficient (Wildman–Crippen LogP) is 3.53. The maximum atomic E-state index is 12.3. The summed E-state index contributed by atoms with van der Waals surface area (Å²) in [4.78, 5) is 22.9. The van der Waals surface area contributed by atoms with Gasteiger partial charge in [0.15, 0.2) is 0 Å². The van der Waals surface area contributed by atoms with Crippen LogP contribution in [0.2, 0.25) is 0 Å². The number of carbonyl (C=O) groups is 1. The third-order valence-electron chi connectivity index (χ3n) is 3.33. The molecule has 24 heavy (non-hydrogen) atoms. The van der Waals surface area contributed by atoms with Crippen LogP contribution in [0.15, 0.2) is 36.4 Å². The van der Waals surface area contributed by atoms with Gasteiger partial charge < -0.3 is 15.8 Å². The van der Waals surface area contributed by atoms with Gasteiger partial charge in [-0.2, -0.15) is 0 Å². The average Bonchev–Trinajstić information content (AvgIpc) is 2.55. The van der Waals surface area contributed by atoms with Crippen molar-refractivity contribution in [2.45, 2.75) is 20.3 Å². The lowest BCUT2D eigenvalue weighted by Crippen LogP contribution is -2.13. The zero-order valence-corrected chi connectivity index (χ0v) is 13.5. The van der Waals surface area contributed by atoms with Crippen LogP contribution < -0.4 is 15.8 Å². The highest BCUT2D eigenvalue weighted by molar-refractivity contribution is 6.06. The molecule has 0 aliphatic heterocycles. The summed E-state index contributed by atoms with van der Waals surface area (Å²) in [6.07, 6.45) is 0.846. The van der Waals surface area contributed by atoms with Gasteiger partial charge in [-0.1, -0.05) is 13.0 Å². The fourth-order valence-electron chi connectivity index (χ4n) is 2.13. The van der Waals surface area contributed by atoms with E-state index < -0.39 is 10.8 Å². The lowest BCUT2D eigenvalue weighted by atomic mass is 10.1. The summed E-state index contributed by atoms with van der Waals surface area (Å²) in [6, 6.07) is 9.28. The van der Waals surface area contributed by atoms with Gasteiger partial charge in [0, 0.05) is 11.6 Å². The minimum atomic E-state index is -0.529. The van der Waals surface area contributed by atoms with Crippen LogP contribution >= 0.6 is 0 Å². The number of ether oxygens (including phenoxy) is 1. The minimum absolute atomic E-state index is 0.139. The maximum absolute atomic E-state index is 12.3. The van der Waals surface area contributed by atoms with E-state index in [9.17, 15) is 14.9 Å². The molecule has 2 aromatic rings. The lowest BCUT2D eigenvalue weighted by Gasteiger charge is -2.10. The molecule has 0 saturated heterocycles. The second kappa shape index (κ2) is 7.45. The van der Waals surface area contributed by atoms with Gasteiger partial charge in [0.05, 0.1) is 17.2 Å². The number of hydrogen-bond acceptors (Lipinski definition) is 5. The van der Waals surface area contributed by atoms with Crippen LogP contribution in [0.3, 0.4) is 0 Å². The topological polar surface area (TPSA) is 107 Å². The van der Waals surface area contributed by atoms with Crippen molar-refractivity contribution >= 4 is 23.0 Å². The zero-order valence-electron chi connectivity index (χ0n) is 13.5. The van der Waals surface area contributed by atoms with E-state index in [1.54, 1.807) is 25.1 Å². The first kappa shape index (κ1) is 17.3. The molecule has 0 unspecified atom stereocenters. The summed E-state index contributed by atoms with van der Waals surface area (Å²) in [5.74, 6) is 0.0328. The van der Waals surface area contributed by atoms with Crippen LogP contribution in [0.25, 0.3) is 0 Å². The van der Waals surface area contributed by atoms with Crippen LogP contribution in [0.1, 0.15) is 29.3 Å². The van der Waals surface area contributed by atoms with Crippen LogP contribution in [-0.2, 0) is 0 Å². The molecule has 0 aromatic heterocycles. The van der Waals surface area contributed by atoms with Crippen molar-refractivity contribution in [3.05, 3.63) is 57.6 Å². The average molecular weight is 329 g/mol. The Morgan fingerprint density at radius 2 is 2.04 bits per heavy atom. The fraction of sp³-hybridized carbons (Fsp3) is 0.235. The van der Waals surface area contributed by atoms with E-state index in [0.29, 0.717) is 23.6 Å². The van der Waals surface area contributed by atoms with Gasteiger partial charge in [-0.15, -0.1) is 0 Å². The molecule has 3 N–H and O–H groups in total. The Morgan fingerprint density at radius 1 is 1.29 bits per heavy atom. The summed E-state index contributed by atoms with van der Waals surface area (Å²) < 4.78 is 5.46. The molecule has 0 saturated carbocycles. The molecule has 2 rings (SSSR count). The SMILES string of the molecule is CCCOc1ccc(C(=O)Nc2ccc(C)cc2[N+](=O)[O-])cc1N. The number of hydrogen-bond donors (Lipinski definition) is 2. The van der Waals surface area contributed by atoms with Crippen molar-refractivity contribution in [1.82, 2.24) is 0 Å². The summed E-state index contributed by atoms with van der Waals surface area (Å²) in [5.41, 5.74) is 7.24. The normalized spacial score (nSPS) is 10.2. The summed E-state index contributed by atoms with van der Waals surface area (Å²) in [5, 5.41) is 13.7. The van der Waals surface area contributed by atoms with E-state index in [1.807, 2.05) is 6.92 Å². The van der Waals surface area contributed by atoms with Gasteiger partial charge in [0.1, 0.15) is 11.4 Å². The van der Waals surface area contributed by atoms with Crippen LogP contribution in [0, 0.1) is 17.0 Å². The largest absolute Gasteiger partial charge is 0.491 e. The number of nitro groups is 1. The van der Waals surface area contributed by atoms with E-state index in [2.05, 4.69) is 5.32 Å². The highest BCUT2D eigenvalue weighted by atomic mass is 16.6. The van der Waals surface area contributed by atoms with Crippen LogP contribution in [0.4, 0.5) is 17.1 Å². The molecule has 126 valence electrons. The zero-order chi connectivity index (χ0) is 17.7. The molecule has 0 aliphatic carbocycles. The van der Waals surface area contributed by atoms with E-state index >= 15 is 0 Å². The van der Waals surface area contributed by atoms with Gasteiger partial charge in [0.2, 0.25) is 0 Å². The molecular weight excluding hydrogens is 310 g/mol. The monoisotopic (exact) mass is 329 g/mol. The number of nitrogens with zero attached hydrogens (tertiary/aromatic N) is 1. The highest BCUT2D eigenvalue weighted by Crippen LogP contribution is 2.27. The molecule has 0 bridgehead atoms. The molecular formula is C17H19N3O4. The molecule has 0 spiro atoms. The Balaban J connectivity index is 2.21. The molecule has 0 aliphatic rings. The highest BCUT2D eigenvalue weighted by Gasteiger charge is 2.17. The smallest absolute Gasteiger partial charge is 0.293 e. The van der Waals surface area contributed by atoms with E-state index in [-0.39, 0.29) is 11.4 Å². The first-order chi connectivity index (χ1) is 11.4. The number of benzene rings is 2. The number of nitrogens with two attached hydrogens (primary N) is 1. The summed E-state index contributed by atoms with van der Waals surface area (Å²) in [7, 11) is 0. The molecule has 2 aromatic carbocycles. The number of amides is 1. The maximum Gasteiger partial charge on any atom is 0.293 e. The molecule has 7 nitrogen and oxygen atoms in total. The Bertz CT molecular complexity index is 774. The van der Waals surface area contributed by atoms with Crippen molar-refractivity contribution in [2.75, 3.05) is 17.7 Å². The van der Waals surface area contributed by atoms with Crippen molar-refractivity contribution in [3.63, 3.8) is 0 Å². The number of nitro benzene ring substituents is 1. The number of carbonyl (C=O) groups excluding carboxylic acids is 1. The van der Waals surface area contributed by atoms with E-state index in [4.69, 9.17) is 10.5 Å². The van der Waals surface area contributed by atoms with E-state index in [0.717, 1.165) is 12.0 Å². The van der Waals surface area contributed by atoms with Gasteiger partial charge in [-0.05, 0) is 43.2 Å². The third-order valence-corrected chi connectivity index (χ3v) is 3.33. The Labute approximate surface area is 139 Å². The Kier molecular flexibility index (Phi) is 5.36. The quantitative estimate of drug-likeness (QED) is 0.479. The standard InChI is InChI=1S/C17H19N3O4/c1-3-8-24-16-7-5-12(10-13(16)18)17(21)19-14-6-4-11(2)9-15(14)20(22)23/h4-7,9-10H,3,8,18H2,1-2H3,(H,19,21).